The number of nitrogens with zero attached hydrogens (tertiary/aromatic N) is 4. The standard InChI is InChI=1S/C28H29N5O4S/c1-38(35,36)27-12-7-22(16-29-27)19-37-25-10-8-23(9-11-25)26-18-33(20-31-26)28(34)30-15-21-13-14-32(17-21)24-5-3-2-4-6-24/h2-12,16,18,20-21H,13-15,17,19H2,1H3,(H,30,34). The third kappa shape index (κ3) is 6.20. The van der Waals surface area contributed by atoms with Crippen molar-refractivity contribution in [1.82, 2.24) is 19.9 Å². The Morgan fingerprint density at radius 1 is 1.05 bits per heavy atom. The summed E-state index contributed by atoms with van der Waals surface area (Å²) in [6.07, 6.45) is 6.90. The second-order valence-electron chi connectivity index (χ2n) is 9.38. The Morgan fingerprint density at radius 2 is 1.84 bits per heavy atom. The van der Waals surface area contributed by atoms with Crippen LogP contribution in [-0.4, -0.2) is 54.9 Å². The summed E-state index contributed by atoms with van der Waals surface area (Å²) in [6, 6.07) is 20.7. The molecule has 196 valence electrons. The minimum Gasteiger partial charge on any atom is -0.489 e. The second-order valence-corrected chi connectivity index (χ2v) is 11.3. The molecule has 1 aliphatic heterocycles. The van der Waals surface area contributed by atoms with E-state index in [1.807, 2.05) is 42.5 Å². The van der Waals surface area contributed by atoms with Gasteiger partial charge in [0, 0.05) is 55.1 Å². The van der Waals surface area contributed by atoms with Gasteiger partial charge in [-0.2, -0.15) is 0 Å². The molecule has 1 unspecified atom stereocenters. The Hall–Kier alpha value is -4.18. The molecule has 1 atom stereocenters. The number of hydrogen-bond donors (Lipinski definition) is 1. The summed E-state index contributed by atoms with van der Waals surface area (Å²) in [7, 11) is -3.33. The number of carbonyl (C=O) groups excluding carboxylic acids is 1. The number of amides is 1. The number of benzene rings is 2. The predicted molar refractivity (Wildman–Crippen MR) is 145 cm³/mol. The normalized spacial score (nSPS) is 15.4. The molecule has 4 aromatic rings. The molecule has 10 heteroatoms. The molecule has 38 heavy (non-hydrogen) atoms. The maximum Gasteiger partial charge on any atom is 0.326 e. The van der Waals surface area contributed by atoms with Gasteiger partial charge in [0.15, 0.2) is 14.9 Å². The van der Waals surface area contributed by atoms with Gasteiger partial charge in [0.25, 0.3) is 0 Å². The van der Waals surface area contributed by atoms with Crippen molar-refractivity contribution in [3.05, 3.63) is 91.0 Å². The predicted octanol–water partition coefficient (Wildman–Crippen LogP) is 4.01. The molecule has 2 aromatic heterocycles. The average Bonchev–Trinajstić information content (AvgIpc) is 3.62. The molecule has 1 fully saturated rings. The van der Waals surface area contributed by atoms with Crippen molar-refractivity contribution >= 4 is 21.6 Å². The van der Waals surface area contributed by atoms with Crippen molar-refractivity contribution in [3.63, 3.8) is 0 Å². The second kappa shape index (κ2) is 11.1. The van der Waals surface area contributed by atoms with Gasteiger partial charge >= 0.3 is 6.03 Å². The number of sulfone groups is 1. The number of para-hydroxylation sites is 1. The SMILES string of the molecule is CS(=O)(=O)c1ccc(COc2ccc(-c3cn(C(=O)NCC4CCN(c5ccccc5)C4)cn3)cc2)cn1. The van der Waals surface area contributed by atoms with Crippen LogP contribution >= 0.6 is 0 Å². The van der Waals surface area contributed by atoms with Crippen LogP contribution in [0.25, 0.3) is 11.3 Å². The van der Waals surface area contributed by atoms with E-state index in [1.165, 1.54) is 28.8 Å². The molecule has 1 aliphatic rings. The van der Waals surface area contributed by atoms with E-state index in [2.05, 4.69) is 32.3 Å². The van der Waals surface area contributed by atoms with E-state index < -0.39 is 9.84 Å². The Balaban J connectivity index is 1.11. The lowest BCUT2D eigenvalue weighted by atomic mass is 10.1. The largest absolute Gasteiger partial charge is 0.489 e. The quantitative estimate of drug-likeness (QED) is 0.366. The van der Waals surface area contributed by atoms with Gasteiger partial charge in [0.1, 0.15) is 18.7 Å². The van der Waals surface area contributed by atoms with Crippen LogP contribution in [0, 0.1) is 5.92 Å². The number of aromatic nitrogens is 3. The molecule has 0 radical (unpaired) electrons. The maximum absolute atomic E-state index is 12.7. The van der Waals surface area contributed by atoms with Crippen LogP contribution in [0.1, 0.15) is 12.0 Å². The maximum atomic E-state index is 12.7. The first-order valence-corrected chi connectivity index (χ1v) is 14.2. The molecule has 1 N–H and O–H groups in total. The van der Waals surface area contributed by atoms with Gasteiger partial charge in [-0.1, -0.05) is 24.3 Å². The van der Waals surface area contributed by atoms with Crippen LogP contribution in [0.4, 0.5) is 10.5 Å². The summed E-state index contributed by atoms with van der Waals surface area (Å²) < 4.78 is 30.3. The molecule has 0 saturated carbocycles. The number of hydrogen-bond acceptors (Lipinski definition) is 7. The van der Waals surface area contributed by atoms with Gasteiger partial charge in [0.05, 0.1) is 5.69 Å². The summed E-state index contributed by atoms with van der Waals surface area (Å²) in [4.78, 5) is 23.4. The van der Waals surface area contributed by atoms with Gasteiger partial charge in [-0.15, -0.1) is 0 Å². The number of carbonyl (C=O) groups is 1. The molecule has 3 heterocycles. The van der Waals surface area contributed by atoms with Crippen molar-refractivity contribution in [3.8, 4) is 17.0 Å². The number of imidazole rings is 1. The monoisotopic (exact) mass is 531 g/mol. The minimum atomic E-state index is -3.33. The van der Waals surface area contributed by atoms with Crippen molar-refractivity contribution in [2.24, 2.45) is 5.92 Å². The highest BCUT2D eigenvalue weighted by molar-refractivity contribution is 7.90. The molecule has 9 nitrogen and oxygen atoms in total. The van der Waals surface area contributed by atoms with Gasteiger partial charge in [-0.05, 0) is 54.8 Å². The Kier molecular flexibility index (Phi) is 7.41. The Morgan fingerprint density at radius 3 is 2.55 bits per heavy atom. The van der Waals surface area contributed by atoms with Crippen LogP contribution in [0.15, 0.2) is 90.5 Å². The lowest BCUT2D eigenvalue weighted by molar-refractivity contribution is 0.240. The van der Waals surface area contributed by atoms with Gasteiger partial charge in [0.2, 0.25) is 0 Å². The summed E-state index contributed by atoms with van der Waals surface area (Å²) in [6.45, 7) is 2.80. The van der Waals surface area contributed by atoms with E-state index in [4.69, 9.17) is 4.74 Å². The summed E-state index contributed by atoms with van der Waals surface area (Å²) in [5.41, 5.74) is 3.52. The third-order valence-electron chi connectivity index (χ3n) is 6.50. The van der Waals surface area contributed by atoms with Crippen LogP contribution in [0.2, 0.25) is 0 Å². The van der Waals surface area contributed by atoms with Crippen LogP contribution in [0.5, 0.6) is 5.75 Å². The zero-order valence-electron chi connectivity index (χ0n) is 21.0. The molecule has 2 aromatic carbocycles. The summed E-state index contributed by atoms with van der Waals surface area (Å²) in [5.74, 6) is 1.06. The molecule has 0 bridgehead atoms. The van der Waals surface area contributed by atoms with Gasteiger partial charge < -0.3 is 15.0 Å². The van der Waals surface area contributed by atoms with Crippen molar-refractivity contribution in [1.29, 1.82) is 0 Å². The lowest BCUT2D eigenvalue weighted by Crippen LogP contribution is -2.33. The number of rotatable bonds is 8. The average molecular weight is 532 g/mol. The molecular weight excluding hydrogens is 502 g/mol. The zero-order chi connectivity index (χ0) is 26.5. The van der Waals surface area contributed by atoms with Crippen LogP contribution in [0.3, 0.4) is 0 Å². The highest BCUT2D eigenvalue weighted by Gasteiger charge is 2.23. The molecule has 5 rings (SSSR count). The fraction of sp³-hybridized carbons (Fsp3) is 0.250. The third-order valence-corrected chi connectivity index (χ3v) is 7.50. The van der Waals surface area contributed by atoms with E-state index in [1.54, 1.807) is 12.3 Å². The fourth-order valence-electron chi connectivity index (χ4n) is 4.38. The number of ether oxygens (including phenoxy) is 1. The first-order chi connectivity index (χ1) is 18.3. The molecule has 1 saturated heterocycles. The first-order valence-electron chi connectivity index (χ1n) is 12.4. The number of pyridine rings is 1. The molecular formula is C28H29N5O4S. The van der Waals surface area contributed by atoms with E-state index in [0.717, 1.165) is 36.9 Å². The van der Waals surface area contributed by atoms with E-state index in [-0.39, 0.29) is 17.7 Å². The fourth-order valence-corrected chi connectivity index (χ4v) is 4.94. The lowest BCUT2D eigenvalue weighted by Gasteiger charge is -2.18. The van der Waals surface area contributed by atoms with Crippen LogP contribution < -0.4 is 15.0 Å². The smallest absolute Gasteiger partial charge is 0.326 e. The first kappa shape index (κ1) is 25.5. The van der Waals surface area contributed by atoms with E-state index in [9.17, 15) is 13.2 Å². The number of anilines is 1. The Labute approximate surface area is 222 Å². The zero-order valence-corrected chi connectivity index (χ0v) is 21.8. The highest BCUT2D eigenvalue weighted by Crippen LogP contribution is 2.24. The number of nitrogens with one attached hydrogen (secondary N) is 1. The topological polar surface area (TPSA) is 106 Å². The van der Waals surface area contributed by atoms with Crippen molar-refractivity contribution in [2.75, 3.05) is 30.8 Å². The van der Waals surface area contributed by atoms with Gasteiger partial charge in [-0.3, -0.25) is 4.57 Å². The van der Waals surface area contributed by atoms with Crippen molar-refractivity contribution < 1.29 is 17.9 Å². The molecule has 1 amide bonds. The highest BCUT2D eigenvalue weighted by atomic mass is 32.2. The minimum absolute atomic E-state index is 0.0342. The van der Waals surface area contributed by atoms with Crippen molar-refractivity contribution in [2.45, 2.75) is 18.1 Å². The molecule has 0 aliphatic carbocycles. The summed E-state index contributed by atoms with van der Waals surface area (Å²) >= 11 is 0. The van der Waals surface area contributed by atoms with E-state index >= 15 is 0 Å². The molecule has 0 spiro atoms. The Bertz CT molecular complexity index is 1490. The van der Waals surface area contributed by atoms with E-state index in [0.29, 0.717) is 23.9 Å². The van der Waals surface area contributed by atoms with Gasteiger partial charge in [-0.25, -0.2) is 23.2 Å². The van der Waals surface area contributed by atoms with Crippen LogP contribution in [-0.2, 0) is 16.4 Å². The summed E-state index contributed by atoms with van der Waals surface area (Å²) in [5, 5.41) is 3.06.